The fraction of sp³-hybridized carbons (Fsp3) is 0.419. The van der Waals surface area contributed by atoms with Crippen molar-refractivity contribution in [2.75, 3.05) is 20.3 Å². The number of likely N-dealkylation sites (tertiary alicyclic amines) is 1. The molecule has 5 rings (SSSR count). The van der Waals surface area contributed by atoms with E-state index in [-0.39, 0.29) is 11.6 Å². The topological polar surface area (TPSA) is 51.7 Å². The molecule has 1 unspecified atom stereocenters. The predicted octanol–water partition coefficient (Wildman–Crippen LogP) is 6.48. The number of halogens is 1. The van der Waals surface area contributed by atoms with Gasteiger partial charge in [0, 0.05) is 37.0 Å². The van der Waals surface area contributed by atoms with Crippen LogP contribution in [0, 0.1) is 24.6 Å². The first kappa shape index (κ1) is 25.4. The van der Waals surface area contributed by atoms with Crippen LogP contribution in [0.1, 0.15) is 54.1 Å². The van der Waals surface area contributed by atoms with Crippen molar-refractivity contribution in [2.45, 2.75) is 52.1 Å². The molecule has 1 saturated heterocycles. The molecule has 1 aliphatic carbocycles. The lowest BCUT2D eigenvalue weighted by Gasteiger charge is -2.25. The molecule has 0 amide bonds. The fourth-order valence-electron chi connectivity index (χ4n) is 6.30. The Morgan fingerprint density at radius 3 is 2.59 bits per heavy atom. The fourth-order valence-corrected chi connectivity index (χ4v) is 6.30. The summed E-state index contributed by atoms with van der Waals surface area (Å²) in [5, 5.41) is 0. The summed E-state index contributed by atoms with van der Waals surface area (Å²) in [4.78, 5) is 19.7. The SMILES string of the molecule is CCOc1cc(CN2CC[C@H]3C(CC(=O)c4cncc(C)c4)CC[C@H]32)cc(OC)c1-c1ccc(F)cc1. The highest BCUT2D eigenvalue weighted by molar-refractivity contribution is 5.96. The average molecular weight is 503 g/mol. The van der Waals surface area contributed by atoms with Gasteiger partial charge in [0.25, 0.3) is 0 Å². The summed E-state index contributed by atoms with van der Waals surface area (Å²) in [6.45, 7) is 6.30. The molecule has 0 spiro atoms. The molecule has 6 heteroatoms. The van der Waals surface area contributed by atoms with Crippen LogP contribution >= 0.6 is 0 Å². The predicted molar refractivity (Wildman–Crippen MR) is 143 cm³/mol. The molecule has 0 N–H and O–H groups in total. The van der Waals surface area contributed by atoms with Crippen molar-refractivity contribution in [3.8, 4) is 22.6 Å². The number of rotatable bonds is 9. The van der Waals surface area contributed by atoms with E-state index in [9.17, 15) is 9.18 Å². The van der Waals surface area contributed by atoms with Gasteiger partial charge in [0.1, 0.15) is 17.3 Å². The lowest BCUT2D eigenvalue weighted by Crippen LogP contribution is -2.30. The number of hydrogen-bond donors (Lipinski definition) is 0. The second kappa shape index (κ2) is 11.0. The van der Waals surface area contributed by atoms with E-state index in [0.717, 1.165) is 71.7 Å². The number of Topliss-reactive ketones (excluding diaryl/α,β-unsaturated/α-hetero) is 1. The summed E-state index contributed by atoms with van der Waals surface area (Å²) in [5.74, 6) is 2.40. The number of aromatic nitrogens is 1. The molecule has 5 nitrogen and oxygen atoms in total. The maximum atomic E-state index is 13.5. The number of ether oxygens (including phenoxy) is 2. The van der Waals surface area contributed by atoms with Crippen LogP contribution < -0.4 is 9.47 Å². The summed E-state index contributed by atoms with van der Waals surface area (Å²) >= 11 is 0. The Morgan fingerprint density at radius 1 is 1.08 bits per heavy atom. The number of aryl methyl sites for hydroxylation is 1. The normalized spacial score (nSPS) is 21.1. The van der Waals surface area contributed by atoms with Crippen molar-refractivity contribution >= 4 is 5.78 Å². The third-order valence-corrected chi connectivity index (χ3v) is 7.96. The molecule has 3 atom stereocenters. The monoisotopic (exact) mass is 502 g/mol. The molecule has 3 aromatic rings. The van der Waals surface area contributed by atoms with Gasteiger partial charge in [-0.2, -0.15) is 0 Å². The van der Waals surface area contributed by atoms with E-state index in [0.29, 0.717) is 30.9 Å². The Hall–Kier alpha value is -3.25. The van der Waals surface area contributed by atoms with Gasteiger partial charge in [-0.3, -0.25) is 14.7 Å². The number of carbonyl (C=O) groups excluding carboxylic acids is 1. The first-order valence-corrected chi connectivity index (χ1v) is 13.2. The van der Waals surface area contributed by atoms with E-state index in [1.54, 1.807) is 31.6 Å². The molecule has 37 heavy (non-hydrogen) atoms. The van der Waals surface area contributed by atoms with Crippen LogP contribution in [0.15, 0.2) is 54.9 Å². The summed E-state index contributed by atoms with van der Waals surface area (Å²) < 4.78 is 25.4. The van der Waals surface area contributed by atoms with Gasteiger partial charge in [-0.15, -0.1) is 0 Å². The van der Waals surface area contributed by atoms with Crippen LogP contribution in [0.4, 0.5) is 4.39 Å². The molecule has 2 aromatic carbocycles. The van der Waals surface area contributed by atoms with Gasteiger partial charge in [-0.05, 0) is 98.5 Å². The summed E-state index contributed by atoms with van der Waals surface area (Å²) in [6, 6.07) is 13.0. The number of pyridine rings is 1. The Kier molecular flexibility index (Phi) is 7.56. The van der Waals surface area contributed by atoms with Gasteiger partial charge in [0.05, 0.1) is 19.3 Å². The quantitative estimate of drug-likeness (QED) is 0.314. The van der Waals surface area contributed by atoms with Crippen LogP contribution in [-0.4, -0.2) is 42.0 Å². The zero-order valence-corrected chi connectivity index (χ0v) is 21.9. The molecule has 2 aliphatic rings. The molecule has 0 bridgehead atoms. The maximum Gasteiger partial charge on any atom is 0.164 e. The summed E-state index contributed by atoms with van der Waals surface area (Å²) in [5.41, 5.74) is 4.60. The van der Waals surface area contributed by atoms with Crippen molar-refractivity contribution < 1.29 is 18.7 Å². The summed E-state index contributed by atoms with van der Waals surface area (Å²) in [6.07, 6.45) is 7.43. The Morgan fingerprint density at radius 2 is 1.86 bits per heavy atom. The van der Waals surface area contributed by atoms with Crippen LogP contribution in [0.25, 0.3) is 11.1 Å². The molecule has 1 saturated carbocycles. The second-order valence-corrected chi connectivity index (χ2v) is 10.3. The average Bonchev–Trinajstić information content (AvgIpc) is 3.48. The number of methoxy groups -OCH3 is 1. The number of carbonyl (C=O) groups is 1. The van der Waals surface area contributed by atoms with E-state index in [2.05, 4.69) is 22.0 Å². The minimum Gasteiger partial charge on any atom is -0.496 e. The van der Waals surface area contributed by atoms with Crippen molar-refractivity contribution in [1.29, 1.82) is 0 Å². The molecular weight excluding hydrogens is 467 g/mol. The van der Waals surface area contributed by atoms with Gasteiger partial charge in [-0.1, -0.05) is 12.1 Å². The third-order valence-electron chi connectivity index (χ3n) is 7.96. The minimum atomic E-state index is -0.270. The zero-order chi connectivity index (χ0) is 25.9. The van der Waals surface area contributed by atoms with Crippen molar-refractivity contribution in [3.63, 3.8) is 0 Å². The van der Waals surface area contributed by atoms with Crippen molar-refractivity contribution in [1.82, 2.24) is 9.88 Å². The minimum absolute atomic E-state index is 0.211. The number of benzene rings is 2. The highest BCUT2D eigenvalue weighted by Gasteiger charge is 2.44. The van der Waals surface area contributed by atoms with Gasteiger partial charge in [0.15, 0.2) is 5.78 Å². The second-order valence-electron chi connectivity index (χ2n) is 10.3. The highest BCUT2D eigenvalue weighted by atomic mass is 19.1. The Labute approximate surface area is 218 Å². The number of hydrogen-bond acceptors (Lipinski definition) is 5. The van der Waals surface area contributed by atoms with Gasteiger partial charge >= 0.3 is 0 Å². The summed E-state index contributed by atoms with van der Waals surface area (Å²) in [7, 11) is 1.66. The van der Waals surface area contributed by atoms with Gasteiger partial charge < -0.3 is 9.47 Å². The van der Waals surface area contributed by atoms with E-state index in [1.165, 1.54) is 12.1 Å². The smallest absolute Gasteiger partial charge is 0.164 e. The van der Waals surface area contributed by atoms with Gasteiger partial charge in [-0.25, -0.2) is 4.39 Å². The molecule has 2 fully saturated rings. The lowest BCUT2D eigenvalue weighted by molar-refractivity contribution is 0.0948. The van der Waals surface area contributed by atoms with Crippen LogP contribution in [0.5, 0.6) is 11.5 Å². The van der Waals surface area contributed by atoms with Gasteiger partial charge in [0.2, 0.25) is 0 Å². The van der Waals surface area contributed by atoms with Crippen molar-refractivity contribution in [3.05, 3.63) is 77.4 Å². The Bertz CT molecular complexity index is 1260. The molecule has 1 aromatic heterocycles. The van der Waals surface area contributed by atoms with Crippen LogP contribution in [0.2, 0.25) is 0 Å². The van der Waals surface area contributed by atoms with E-state index < -0.39 is 0 Å². The number of ketones is 1. The molecule has 194 valence electrons. The maximum absolute atomic E-state index is 13.5. The number of nitrogens with zero attached hydrogens (tertiary/aromatic N) is 2. The molecule has 1 aliphatic heterocycles. The first-order valence-electron chi connectivity index (χ1n) is 13.2. The molecule has 0 radical (unpaired) electrons. The van der Waals surface area contributed by atoms with Crippen molar-refractivity contribution in [2.24, 2.45) is 11.8 Å². The Balaban J connectivity index is 1.32. The highest BCUT2D eigenvalue weighted by Crippen LogP contribution is 2.46. The van der Waals surface area contributed by atoms with Crippen LogP contribution in [-0.2, 0) is 6.54 Å². The number of fused-ring (bicyclic) bond motifs is 1. The van der Waals surface area contributed by atoms with E-state index in [1.807, 2.05) is 19.9 Å². The molecular formula is C31H35FN2O3. The molecule has 2 heterocycles. The zero-order valence-electron chi connectivity index (χ0n) is 21.9. The van der Waals surface area contributed by atoms with Crippen LogP contribution in [0.3, 0.4) is 0 Å². The third kappa shape index (κ3) is 5.40. The van der Waals surface area contributed by atoms with E-state index in [4.69, 9.17) is 9.47 Å². The lowest BCUT2D eigenvalue weighted by atomic mass is 9.87. The van der Waals surface area contributed by atoms with E-state index >= 15 is 0 Å². The first-order chi connectivity index (χ1) is 18.0. The standard InChI is InChI=1S/C31H35FN2O3/c1-4-37-30-15-21(14-29(36-3)31(30)22-5-8-25(32)9-6-22)19-34-12-11-26-23(7-10-27(26)34)16-28(35)24-13-20(2)17-33-18-24/h5-6,8-9,13-15,17-18,23,26-27H,4,7,10-12,16,19H2,1-3H3/t23?,26-,27+/m0/s1. The largest absolute Gasteiger partial charge is 0.496 e.